The Hall–Kier alpha value is -5.24. The van der Waals surface area contributed by atoms with Crippen LogP contribution in [-0.2, 0) is 11.8 Å². The van der Waals surface area contributed by atoms with Gasteiger partial charge < -0.3 is 31.0 Å². The molecule has 5 aromatic rings. The number of fused-ring (bicyclic) bond motifs is 1. The molecule has 1 unspecified atom stereocenters. The molecule has 2 aliphatic rings. The number of amides is 1. The van der Waals surface area contributed by atoms with E-state index in [1.165, 1.54) is 0 Å². The highest BCUT2D eigenvalue weighted by molar-refractivity contribution is 6.06. The summed E-state index contributed by atoms with van der Waals surface area (Å²) in [4.78, 5) is 38.8. The average Bonchev–Trinajstić information content (AvgIpc) is 3.83. The summed E-state index contributed by atoms with van der Waals surface area (Å²) in [7, 11) is 1.89. The molecule has 1 amide bonds. The predicted octanol–water partition coefficient (Wildman–Crippen LogP) is 3.78. The van der Waals surface area contributed by atoms with E-state index in [-0.39, 0.29) is 24.5 Å². The molecule has 14 nitrogen and oxygen atoms in total. The number of ether oxygens (including phenoxy) is 1. The van der Waals surface area contributed by atoms with Crippen molar-refractivity contribution in [3.63, 3.8) is 0 Å². The number of hydrogen-bond donors (Lipinski definition) is 4. The second-order valence-corrected chi connectivity index (χ2v) is 12.0. The number of para-hydroxylation sites is 1. The Morgan fingerprint density at radius 2 is 1.98 bits per heavy atom. The van der Waals surface area contributed by atoms with Crippen LogP contribution in [0.15, 0.2) is 42.7 Å². The highest BCUT2D eigenvalue weighted by atomic mass is 16.5. The van der Waals surface area contributed by atoms with E-state index in [9.17, 15) is 4.79 Å². The zero-order valence-electron chi connectivity index (χ0n) is 26.2. The lowest BCUT2D eigenvalue weighted by Gasteiger charge is -2.19. The molecule has 5 N–H and O–H groups in total. The first kappa shape index (κ1) is 29.5. The van der Waals surface area contributed by atoms with E-state index in [0.29, 0.717) is 29.9 Å². The van der Waals surface area contributed by atoms with Gasteiger partial charge in [0.2, 0.25) is 23.7 Å². The molecule has 2 aliphatic heterocycles. The van der Waals surface area contributed by atoms with E-state index in [1.54, 1.807) is 10.9 Å². The zero-order chi connectivity index (χ0) is 31.8. The van der Waals surface area contributed by atoms with Gasteiger partial charge in [0.1, 0.15) is 11.9 Å². The summed E-state index contributed by atoms with van der Waals surface area (Å²) in [5.41, 5.74) is 11.2. The van der Waals surface area contributed by atoms with Gasteiger partial charge in [0, 0.05) is 74.4 Å². The summed E-state index contributed by atoms with van der Waals surface area (Å²) in [6.45, 7) is 7.51. The Morgan fingerprint density at radius 3 is 2.78 bits per heavy atom. The maximum atomic E-state index is 13.2. The van der Waals surface area contributed by atoms with Crippen molar-refractivity contribution in [3.05, 3.63) is 54.0 Å². The normalized spacial score (nSPS) is 16.8. The van der Waals surface area contributed by atoms with Gasteiger partial charge in [-0.15, -0.1) is 0 Å². The van der Waals surface area contributed by atoms with E-state index in [1.807, 2.05) is 57.4 Å². The predicted molar refractivity (Wildman–Crippen MR) is 177 cm³/mol. The molecule has 14 heteroatoms. The number of nitrogens with zero attached hydrogens (tertiary/aromatic N) is 8. The number of nitrogen functional groups attached to an aromatic ring is 1. The number of anilines is 5. The molecule has 0 aliphatic carbocycles. The first-order valence-electron chi connectivity index (χ1n) is 15.6. The summed E-state index contributed by atoms with van der Waals surface area (Å²) in [6, 6.07) is 9.66. The minimum Gasteiger partial charge on any atom is -0.473 e. The van der Waals surface area contributed by atoms with Crippen LogP contribution < -0.4 is 26.0 Å². The second-order valence-electron chi connectivity index (χ2n) is 12.0. The number of aromatic nitrogens is 7. The molecule has 1 atom stereocenters. The fraction of sp³-hybridized carbons (Fsp3) is 0.375. The largest absolute Gasteiger partial charge is 0.473 e. The molecule has 0 radical (unpaired) electrons. The summed E-state index contributed by atoms with van der Waals surface area (Å²) >= 11 is 0. The highest BCUT2D eigenvalue weighted by Crippen LogP contribution is 2.33. The van der Waals surface area contributed by atoms with Crippen LogP contribution in [0.2, 0.25) is 0 Å². The lowest BCUT2D eigenvalue weighted by molar-refractivity contribution is -0.117. The van der Waals surface area contributed by atoms with Gasteiger partial charge in [-0.05, 0) is 44.7 Å². The Morgan fingerprint density at radius 1 is 1.13 bits per heavy atom. The molecular weight excluding hydrogens is 584 g/mol. The van der Waals surface area contributed by atoms with E-state index >= 15 is 0 Å². The fourth-order valence-corrected chi connectivity index (χ4v) is 6.16. The van der Waals surface area contributed by atoms with Crippen LogP contribution in [0.25, 0.3) is 22.2 Å². The van der Waals surface area contributed by atoms with E-state index in [2.05, 4.69) is 45.5 Å². The van der Waals surface area contributed by atoms with Crippen LogP contribution in [0.5, 0.6) is 5.88 Å². The van der Waals surface area contributed by atoms with E-state index in [0.717, 1.165) is 78.1 Å². The summed E-state index contributed by atoms with van der Waals surface area (Å²) in [6.07, 6.45) is 6.71. The standard InChI is InChI=1S/C32H38N12O2/c1-19-15-35-32(37-25-13-20(2)42(3)41-25)40-29(19)23-16-34-30-22(23)7-6-8-24(30)36-27(45)18-43-12-9-21(17-43)46-28-14-26(38-31(33)39-28)44-10-4-5-11-44/h6-8,13-16,21,34H,4-5,9-12,17-18H2,1-3H3,(H,36,45)(H2,33,38,39)(H,35,37,40,41). The molecule has 2 saturated heterocycles. The first-order valence-corrected chi connectivity index (χ1v) is 15.6. The molecule has 6 heterocycles. The number of carbonyl (C=O) groups excluding carboxylic acids is 1. The van der Waals surface area contributed by atoms with Crippen LogP contribution in [0.4, 0.5) is 29.2 Å². The number of nitrogens with two attached hydrogens (primary N) is 1. The third-order valence-corrected chi connectivity index (χ3v) is 8.59. The molecule has 0 saturated carbocycles. The van der Waals surface area contributed by atoms with Gasteiger partial charge in [-0.1, -0.05) is 12.1 Å². The van der Waals surface area contributed by atoms with Crippen molar-refractivity contribution in [1.29, 1.82) is 0 Å². The van der Waals surface area contributed by atoms with Crippen LogP contribution in [0, 0.1) is 13.8 Å². The molecule has 0 bridgehead atoms. The van der Waals surface area contributed by atoms with Crippen molar-refractivity contribution >= 4 is 46.0 Å². The number of aryl methyl sites for hydroxylation is 3. The van der Waals surface area contributed by atoms with Crippen LogP contribution in [-0.4, -0.2) is 84.3 Å². The maximum Gasteiger partial charge on any atom is 0.238 e. The lowest BCUT2D eigenvalue weighted by atomic mass is 10.1. The van der Waals surface area contributed by atoms with Crippen LogP contribution in [0.1, 0.15) is 30.5 Å². The topological polar surface area (TPSA) is 168 Å². The number of benzene rings is 1. The van der Waals surface area contributed by atoms with Crippen molar-refractivity contribution in [1.82, 2.24) is 39.6 Å². The van der Waals surface area contributed by atoms with Crippen molar-refractivity contribution < 1.29 is 9.53 Å². The highest BCUT2D eigenvalue weighted by Gasteiger charge is 2.27. The number of hydrogen-bond acceptors (Lipinski definition) is 11. The SMILES string of the molecule is Cc1cnc(Nc2cc(C)n(C)n2)nc1-c1c[nH]c2c(NC(=O)CN3CCC(Oc4cc(N5CCCC5)nc(N)n4)C3)cccc12. The first-order chi connectivity index (χ1) is 22.3. The van der Waals surface area contributed by atoms with Gasteiger partial charge in [-0.2, -0.15) is 15.1 Å². The number of carbonyl (C=O) groups is 1. The van der Waals surface area contributed by atoms with Crippen molar-refractivity contribution in [2.45, 2.75) is 39.2 Å². The summed E-state index contributed by atoms with van der Waals surface area (Å²) in [5, 5.41) is 11.7. The van der Waals surface area contributed by atoms with E-state index in [4.69, 9.17) is 15.5 Å². The average molecular weight is 623 g/mol. The molecule has 0 spiro atoms. The van der Waals surface area contributed by atoms with Gasteiger partial charge >= 0.3 is 0 Å². The maximum absolute atomic E-state index is 13.2. The molecule has 4 aromatic heterocycles. The summed E-state index contributed by atoms with van der Waals surface area (Å²) in [5.74, 6) is 2.54. The van der Waals surface area contributed by atoms with Gasteiger partial charge in [0.15, 0.2) is 5.82 Å². The summed E-state index contributed by atoms with van der Waals surface area (Å²) < 4.78 is 7.99. The Kier molecular flexibility index (Phi) is 7.86. The third-order valence-electron chi connectivity index (χ3n) is 8.59. The van der Waals surface area contributed by atoms with Crippen LogP contribution >= 0.6 is 0 Å². The molecular formula is C32H38N12O2. The molecule has 238 valence electrons. The van der Waals surface area contributed by atoms with Gasteiger partial charge in [0.25, 0.3) is 0 Å². The Balaban J connectivity index is 1.00. The minimum atomic E-state index is -0.0951. The lowest BCUT2D eigenvalue weighted by Crippen LogP contribution is -2.33. The second kappa shape index (κ2) is 12.3. The minimum absolute atomic E-state index is 0.0832. The van der Waals surface area contributed by atoms with E-state index < -0.39 is 0 Å². The Labute approximate surface area is 266 Å². The monoisotopic (exact) mass is 622 g/mol. The third kappa shape index (κ3) is 6.15. The van der Waals surface area contributed by atoms with Gasteiger partial charge in [0.05, 0.1) is 23.4 Å². The number of H-pyrrole nitrogens is 1. The van der Waals surface area contributed by atoms with Crippen molar-refractivity contribution in [2.24, 2.45) is 7.05 Å². The molecule has 7 rings (SSSR count). The number of rotatable bonds is 9. The van der Waals surface area contributed by atoms with Crippen molar-refractivity contribution in [3.8, 4) is 17.1 Å². The van der Waals surface area contributed by atoms with Gasteiger partial charge in [-0.25, -0.2) is 9.97 Å². The molecule has 2 fully saturated rings. The number of aromatic amines is 1. The van der Waals surface area contributed by atoms with Crippen molar-refractivity contribution in [2.75, 3.05) is 54.0 Å². The molecule has 46 heavy (non-hydrogen) atoms. The smallest absolute Gasteiger partial charge is 0.238 e. The quantitative estimate of drug-likeness (QED) is 0.189. The number of likely N-dealkylation sites (tertiary alicyclic amines) is 1. The fourth-order valence-electron chi connectivity index (χ4n) is 6.16. The molecule has 1 aromatic carbocycles. The number of nitrogens with one attached hydrogen (secondary N) is 3. The zero-order valence-corrected chi connectivity index (χ0v) is 26.2. The van der Waals surface area contributed by atoms with Crippen LogP contribution in [0.3, 0.4) is 0 Å². The van der Waals surface area contributed by atoms with Gasteiger partial charge in [-0.3, -0.25) is 14.4 Å². The Bertz CT molecular complexity index is 1870.